The predicted molar refractivity (Wildman–Crippen MR) is 76.0 cm³/mol. The molecule has 1 aromatic carbocycles. The van der Waals surface area contributed by atoms with E-state index >= 15 is 0 Å². The van der Waals surface area contributed by atoms with E-state index in [2.05, 4.69) is 4.98 Å². The molecule has 99 valence electrons. The molecule has 0 spiro atoms. The number of rotatable bonds is 3. The summed E-state index contributed by atoms with van der Waals surface area (Å²) < 4.78 is 5.20. The molecular weight excluding hydrogens is 252 g/mol. The number of hydrogen-bond acceptors (Lipinski definition) is 3. The van der Waals surface area contributed by atoms with Crippen molar-refractivity contribution in [3.05, 3.63) is 66.5 Å². The van der Waals surface area contributed by atoms with E-state index in [-0.39, 0.29) is 12.1 Å². The third-order valence-corrected chi connectivity index (χ3v) is 3.32. The summed E-state index contributed by atoms with van der Waals surface area (Å²) in [4.78, 5) is 17.7. The largest absolute Gasteiger partial charge is 0.447 e. The van der Waals surface area contributed by atoms with Gasteiger partial charge in [0.05, 0.1) is 11.7 Å². The lowest BCUT2D eigenvalue weighted by Gasteiger charge is -2.23. The van der Waals surface area contributed by atoms with Crippen LogP contribution in [0, 0.1) is 6.58 Å². The molecule has 0 N–H and O–H groups in total. The minimum atomic E-state index is -0.367. The average Bonchev–Trinajstić information content (AvgIpc) is 2.89. The van der Waals surface area contributed by atoms with Gasteiger partial charge in [-0.1, -0.05) is 43.0 Å². The molecule has 2 heterocycles. The molecule has 1 saturated heterocycles. The Morgan fingerprint density at radius 2 is 2.10 bits per heavy atom. The summed E-state index contributed by atoms with van der Waals surface area (Å²) in [6.07, 6.45) is 4.34. The highest BCUT2D eigenvalue weighted by atomic mass is 16.6. The van der Waals surface area contributed by atoms with Crippen LogP contribution in [0.15, 0.2) is 48.8 Å². The summed E-state index contributed by atoms with van der Waals surface area (Å²) >= 11 is 0. The zero-order valence-electron chi connectivity index (χ0n) is 10.8. The fourth-order valence-electron chi connectivity index (χ4n) is 2.36. The van der Waals surface area contributed by atoms with Gasteiger partial charge >= 0.3 is 6.09 Å². The number of nitrogens with zero attached hydrogens (tertiary/aromatic N) is 2. The Bertz CT molecular complexity index is 640. The minimum Gasteiger partial charge on any atom is -0.447 e. The fourth-order valence-corrected chi connectivity index (χ4v) is 2.36. The molecule has 0 aliphatic carbocycles. The summed E-state index contributed by atoms with van der Waals surface area (Å²) in [6, 6.07) is 11.4. The Balaban J connectivity index is 2.05. The lowest BCUT2D eigenvalue weighted by atomic mass is 10.1. The van der Waals surface area contributed by atoms with Gasteiger partial charge in [0.15, 0.2) is 0 Å². The van der Waals surface area contributed by atoms with Crippen molar-refractivity contribution >= 4 is 17.9 Å². The average molecular weight is 265 g/mol. The molecule has 0 saturated carbocycles. The highest BCUT2D eigenvalue weighted by Gasteiger charge is 2.36. The number of aromatic nitrogens is 1. The fraction of sp³-hybridized carbons (Fsp3) is 0.125. The van der Waals surface area contributed by atoms with Crippen molar-refractivity contribution in [1.82, 2.24) is 4.98 Å². The van der Waals surface area contributed by atoms with Crippen LogP contribution in [0.25, 0.3) is 6.08 Å². The van der Waals surface area contributed by atoms with Crippen molar-refractivity contribution in [2.45, 2.75) is 6.04 Å². The monoisotopic (exact) mass is 265 g/mol. The first-order valence-electron chi connectivity index (χ1n) is 6.31. The molecule has 1 fully saturated rings. The van der Waals surface area contributed by atoms with Gasteiger partial charge in [0.1, 0.15) is 6.61 Å². The van der Waals surface area contributed by atoms with E-state index in [9.17, 15) is 4.79 Å². The van der Waals surface area contributed by atoms with Gasteiger partial charge in [-0.05, 0) is 11.6 Å². The first-order valence-corrected chi connectivity index (χ1v) is 6.31. The molecule has 4 nitrogen and oxygen atoms in total. The van der Waals surface area contributed by atoms with E-state index in [0.29, 0.717) is 17.9 Å². The van der Waals surface area contributed by atoms with Crippen LogP contribution in [0.1, 0.15) is 17.2 Å². The first kappa shape index (κ1) is 12.4. The topological polar surface area (TPSA) is 42.4 Å². The van der Waals surface area contributed by atoms with Crippen molar-refractivity contribution in [1.29, 1.82) is 0 Å². The Morgan fingerprint density at radius 3 is 2.85 bits per heavy atom. The molecule has 1 aromatic heterocycles. The lowest BCUT2D eigenvalue weighted by molar-refractivity contribution is 0.179. The number of carbonyl (C=O) groups is 1. The van der Waals surface area contributed by atoms with E-state index in [4.69, 9.17) is 11.3 Å². The SMILES string of the molecule is [CH]=Cc1cnccc1N1C(=O)OC[C@H]1c1ccccc1. The Morgan fingerprint density at radius 1 is 1.30 bits per heavy atom. The number of hydrogen-bond donors (Lipinski definition) is 0. The van der Waals surface area contributed by atoms with Crippen molar-refractivity contribution < 1.29 is 9.53 Å². The molecule has 3 rings (SSSR count). The van der Waals surface area contributed by atoms with E-state index in [1.54, 1.807) is 23.4 Å². The Labute approximate surface area is 117 Å². The molecular formula is C16H13N2O2. The van der Waals surface area contributed by atoms with Crippen LogP contribution in [0.4, 0.5) is 10.5 Å². The van der Waals surface area contributed by atoms with Crippen LogP contribution in [0.2, 0.25) is 0 Å². The van der Waals surface area contributed by atoms with Gasteiger partial charge in [0.25, 0.3) is 0 Å². The number of amides is 1. The van der Waals surface area contributed by atoms with Crippen LogP contribution < -0.4 is 4.90 Å². The third-order valence-electron chi connectivity index (χ3n) is 3.32. The van der Waals surface area contributed by atoms with Gasteiger partial charge in [0, 0.05) is 18.0 Å². The molecule has 4 heteroatoms. The van der Waals surface area contributed by atoms with E-state index in [0.717, 1.165) is 5.56 Å². The normalized spacial score (nSPS) is 17.9. The quantitative estimate of drug-likeness (QED) is 0.855. The summed E-state index contributed by atoms with van der Waals surface area (Å²) in [5, 5.41) is 0. The molecule has 0 bridgehead atoms. The lowest BCUT2D eigenvalue weighted by Crippen LogP contribution is -2.27. The van der Waals surface area contributed by atoms with Gasteiger partial charge in [-0.2, -0.15) is 0 Å². The highest BCUT2D eigenvalue weighted by molar-refractivity contribution is 5.92. The summed E-state index contributed by atoms with van der Waals surface area (Å²) in [7, 11) is 0. The number of ether oxygens (including phenoxy) is 1. The molecule has 1 aliphatic rings. The standard InChI is InChI=1S/C16H13N2O2/c1-2-12-10-17-9-8-14(12)18-15(11-20-16(18)19)13-6-4-3-5-7-13/h1-10,15H,11H2/t15-/m0/s1. The molecule has 1 amide bonds. The number of pyridine rings is 1. The molecule has 1 atom stereocenters. The highest BCUT2D eigenvalue weighted by Crippen LogP contribution is 2.34. The number of carbonyl (C=O) groups excluding carboxylic acids is 1. The van der Waals surface area contributed by atoms with Gasteiger partial charge < -0.3 is 4.74 Å². The predicted octanol–water partition coefficient (Wildman–Crippen LogP) is 3.23. The van der Waals surface area contributed by atoms with Gasteiger partial charge in [0.2, 0.25) is 0 Å². The summed E-state index contributed by atoms with van der Waals surface area (Å²) in [6.45, 7) is 5.93. The van der Waals surface area contributed by atoms with E-state index < -0.39 is 0 Å². The Kier molecular flexibility index (Phi) is 3.21. The van der Waals surface area contributed by atoms with Gasteiger partial charge in [-0.3, -0.25) is 9.88 Å². The second-order valence-electron chi connectivity index (χ2n) is 4.47. The summed E-state index contributed by atoms with van der Waals surface area (Å²) in [5.74, 6) is 0. The maximum Gasteiger partial charge on any atom is 0.415 e. The number of benzene rings is 1. The molecule has 1 aliphatic heterocycles. The van der Waals surface area contributed by atoms with Crippen LogP contribution >= 0.6 is 0 Å². The molecule has 2 aromatic rings. The minimum absolute atomic E-state index is 0.148. The third kappa shape index (κ3) is 2.05. The zero-order valence-corrected chi connectivity index (χ0v) is 10.8. The van der Waals surface area contributed by atoms with Crippen LogP contribution in [0.5, 0.6) is 0 Å². The van der Waals surface area contributed by atoms with Crippen molar-refractivity contribution in [2.24, 2.45) is 0 Å². The summed E-state index contributed by atoms with van der Waals surface area (Å²) in [5.41, 5.74) is 2.43. The number of anilines is 1. The first-order chi connectivity index (χ1) is 9.81. The van der Waals surface area contributed by atoms with Crippen molar-refractivity contribution in [3.8, 4) is 0 Å². The second-order valence-corrected chi connectivity index (χ2v) is 4.47. The zero-order chi connectivity index (χ0) is 13.9. The van der Waals surface area contributed by atoms with Crippen LogP contribution in [-0.4, -0.2) is 17.7 Å². The van der Waals surface area contributed by atoms with Crippen LogP contribution in [-0.2, 0) is 4.74 Å². The van der Waals surface area contributed by atoms with E-state index in [1.807, 2.05) is 30.3 Å². The Hall–Kier alpha value is -2.62. The molecule has 0 unspecified atom stereocenters. The van der Waals surface area contributed by atoms with Crippen LogP contribution in [0.3, 0.4) is 0 Å². The van der Waals surface area contributed by atoms with Gasteiger partial charge in [-0.15, -0.1) is 0 Å². The molecule has 1 radical (unpaired) electrons. The van der Waals surface area contributed by atoms with Crippen molar-refractivity contribution in [3.63, 3.8) is 0 Å². The smallest absolute Gasteiger partial charge is 0.415 e. The maximum atomic E-state index is 12.1. The molecule has 20 heavy (non-hydrogen) atoms. The van der Waals surface area contributed by atoms with E-state index in [1.165, 1.54) is 6.08 Å². The van der Waals surface area contributed by atoms with Gasteiger partial charge in [-0.25, -0.2) is 4.79 Å². The second kappa shape index (κ2) is 5.17. The van der Waals surface area contributed by atoms with Crippen molar-refractivity contribution in [2.75, 3.05) is 11.5 Å². The number of cyclic esters (lactones) is 1. The maximum absolute atomic E-state index is 12.1.